The van der Waals surface area contributed by atoms with Crippen LogP contribution in [-0.2, 0) is 18.2 Å². The minimum atomic E-state index is -4.92. The molecule has 0 unspecified atom stereocenters. The number of hydrogen-bond donors (Lipinski definition) is 5. The zero-order valence-electron chi connectivity index (χ0n) is 6.76. The highest BCUT2D eigenvalue weighted by molar-refractivity contribution is 7.47. The molecule has 0 bridgehead atoms. The van der Waals surface area contributed by atoms with E-state index in [0.29, 0.717) is 0 Å². The predicted molar refractivity (Wildman–Crippen MR) is 41.7 cm³/mol. The van der Waals surface area contributed by atoms with Crippen molar-refractivity contribution in [3.05, 3.63) is 0 Å². The largest absolute Gasteiger partial charge is 0.471 e. The summed E-state index contributed by atoms with van der Waals surface area (Å²) in [5.74, 6) is 0. The molecule has 0 atom stereocenters. The van der Waals surface area contributed by atoms with E-state index < -0.39 is 35.0 Å². The van der Waals surface area contributed by atoms with Gasteiger partial charge in [0.25, 0.3) is 0 Å². The van der Waals surface area contributed by atoms with Gasteiger partial charge in [0.05, 0.1) is 0 Å². The number of phosphoric ester groups is 2. The lowest BCUT2D eigenvalue weighted by molar-refractivity contribution is -0.0454. The van der Waals surface area contributed by atoms with E-state index in [2.05, 4.69) is 9.05 Å². The summed E-state index contributed by atoms with van der Waals surface area (Å²) >= 11 is 0. The Morgan fingerprint density at radius 3 is 1.57 bits per heavy atom. The lowest BCUT2D eigenvalue weighted by Crippen LogP contribution is -2.16. The summed E-state index contributed by atoms with van der Waals surface area (Å²) in [5, 5.41) is 8.36. The zero-order valence-corrected chi connectivity index (χ0v) is 8.54. The Hall–Kier alpha value is 0.180. The summed E-state index contributed by atoms with van der Waals surface area (Å²) < 4.78 is 28.2. The third-order valence-corrected chi connectivity index (χ3v) is 1.89. The van der Waals surface area contributed by atoms with E-state index in [4.69, 9.17) is 24.7 Å². The quantitative estimate of drug-likeness (QED) is 0.293. The molecule has 0 rings (SSSR count). The molecule has 0 aromatic rings. The van der Waals surface area contributed by atoms with Crippen LogP contribution in [0.15, 0.2) is 0 Å². The van der Waals surface area contributed by atoms with Gasteiger partial charge in [-0.05, 0) is 0 Å². The van der Waals surface area contributed by atoms with Crippen LogP contribution < -0.4 is 0 Å². The Balaban J connectivity index is 4.31. The van der Waals surface area contributed by atoms with Crippen LogP contribution >= 0.6 is 15.6 Å². The van der Waals surface area contributed by atoms with Gasteiger partial charge in [0.2, 0.25) is 0 Å². The first-order chi connectivity index (χ1) is 6.14. The third kappa shape index (κ3) is 8.76. The van der Waals surface area contributed by atoms with Crippen molar-refractivity contribution in [3.63, 3.8) is 0 Å². The van der Waals surface area contributed by atoms with E-state index in [9.17, 15) is 9.13 Å². The number of rotatable bonds is 6. The van der Waals surface area contributed by atoms with Crippen molar-refractivity contribution in [2.24, 2.45) is 0 Å². The summed E-state index contributed by atoms with van der Waals surface area (Å²) in [4.78, 5) is 33.1. The standard InChI is InChI=1S/C3H10O9P2/c4-2-1-3(11-13(5,6)7)12-14(8,9)10/h3-4H,1-2H2,(H2,5,6,7)(H2,8,9,10). The van der Waals surface area contributed by atoms with Crippen LogP contribution in [0.4, 0.5) is 0 Å². The minimum Gasteiger partial charge on any atom is -0.396 e. The highest BCUT2D eigenvalue weighted by Gasteiger charge is 2.28. The van der Waals surface area contributed by atoms with Crippen molar-refractivity contribution >= 4 is 15.6 Å². The van der Waals surface area contributed by atoms with Crippen LogP contribution in [0.5, 0.6) is 0 Å². The average Bonchev–Trinajstić information content (AvgIpc) is 1.78. The SMILES string of the molecule is O=P(O)(O)OC(CCO)OP(=O)(O)O. The second-order valence-corrected chi connectivity index (χ2v) is 4.52. The fraction of sp³-hybridized carbons (Fsp3) is 1.00. The maximum absolute atomic E-state index is 10.3. The maximum Gasteiger partial charge on any atom is 0.471 e. The molecule has 14 heavy (non-hydrogen) atoms. The zero-order chi connectivity index (χ0) is 11.4. The second-order valence-electron chi connectivity index (χ2n) is 2.13. The van der Waals surface area contributed by atoms with Crippen LogP contribution in [0.1, 0.15) is 6.42 Å². The molecule has 0 heterocycles. The highest BCUT2D eigenvalue weighted by atomic mass is 31.2. The predicted octanol–water partition coefficient (Wildman–Crippen LogP) is -1.09. The molecule has 86 valence electrons. The highest BCUT2D eigenvalue weighted by Crippen LogP contribution is 2.44. The normalized spacial score (nSPS) is 13.6. The van der Waals surface area contributed by atoms with Crippen molar-refractivity contribution in [2.45, 2.75) is 12.7 Å². The van der Waals surface area contributed by atoms with E-state index in [-0.39, 0.29) is 0 Å². The third-order valence-electron chi connectivity index (χ3n) is 0.875. The van der Waals surface area contributed by atoms with Gasteiger partial charge in [-0.2, -0.15) is 0 Å². The summed E-state index contributed by atoms with van der Waals surface area (Å²) in [7, 11) is -9.83. The van der Waals surface area contributed by atoms with Crippen LogP contribution in [-0.4, -0.2) is 37.6 Å². The number of aliphatic hydroxyl groups is 1. The number of hydrogen-bond acceptors (Lipinski definition) is 5. The molecule has 0 spiro atoms. The molecule has 0 aliphatic heterocycles. The summed E-state index contributed by atoms with van der Waals surface area (Å²) in [6, 6.07) is 0. The molecule has 0 aromatic heterocycles. The molecule has 0 saturated heterocycles. The summed E-state index contributed by atoms with van der Waals surface area (Å²) in [6.45, 7) is -0.606. The van der Waals surface area contributed by atoms with Crippen molar-refractivity contribution in [1.82, 2.24) is 0 Å². The first-order valence-electron chi connectivity index (χ1n) is 3.23. The van der Waals surface area contributed by atoms with Crippen molar-refractivity contribution < 1.29 is 42.9 Å². The van der Waals surface area contributed by atoms with Gasteiger partial charge in [-0.1, -0.05) is 0 Å². The van der Waals surface area contributed by atoms with Gasteiger partial charge in [-0.3, -0.25) is 9.05 Å². The van der Waals surface area contributed by atoms with E-state index in [1.807, 2.05) is 0 Å². The topological polar surface area (TPSA) is 154 Å². The molecular weight excluding hydrogens is 242 g/mol. The van der Waals surface area contributed by atoms with Crippen molar-refractivity contribution in [2.75, 3.05) is 6.61 Å². The van der Waals surface area contributed by atoms with Gasteiger partial charge in [0.1, 0.15) is 0 Å². The molecule has 0 aliphatic carbocycles. The Morgan fingerprint density at radius 2 is 1.36 bits per heavy atom. The second kappa shape index (κ2) is 5.32. The Bertz CT molecular complexity index is 227. The molecule has 11 heteroatoms. The Labute approximate surface area is 78.8 Å². The van der Waals surface area contributed by atoms with E-state index in [1.165, 1.54) is 0 Å². The van der Waals surface area contributed by atoms with Gasteiger partial charge < -0.3 is 24.7 Å². The first kappa shape index (κ1) is 14.2. The van der Waals surface area contributed by atoms with Gasteiger partial charge in [-0.15, -0.1) is 0 Å². The molecule has 0 amide bonds. The first-order valence-corrected chi connectivity index (χ1v) is 6.29. The van der Waals surface area contributed by atoms with E-state index >= 15 is 0 Å². The molecular formula is C3H10O9P2. The molecule has 0 fully saturated rings. The smallest absolute Gasteiger partial charge is 0.396 e. The Kier molecular flexibility index (Phi) is 5.38. The molecule has 0 radical (unpaired) electrons. The summed E-state index contributed by atoms with van der Waals surface area (Å²) in [6.07, 6.45) is -2.34. The minimum absolute atomic E-state index is 0.476. The fourth-order valence-electron chi connectivity index (χ4n) is 0.536. The lowest BCUT2D eigenvalue weighted by atomic mass is 10.5. The van der Waals surface area contributed by atoms with Gasteiger partial charge in [0.15, 0.2) is 6.29 Å². The summed E-state index contributed by atoms with van der Waals surface area (Å²) in [5.41, 5.74) is 0. The number of aliphatic hydroxyl groups excluding tert-OH is 1. The average molecular weight is 252 g/mol. The fourth-order valence-corrected chi connectivity index (χ4v) is 1.51. The molecule has 5 N–H and O–H groups in total. The molecule has 9 nitrogen and oxygen atoms in total. The maximum atomic E-state index is 10.3. The monoisotopic (exact) mass is 252 g/mol. The molecule has 0 aliphatic rings. The van der Waals surface area contributed by atoms with E-state index in [1.54, 1.807) is 0 Å². The molecule has 0 saturated carbocycles. The van der Waals surface area contributed by atoms with Crippen molar-refractivity contribution in [3.8, 4) is 0 Å². The van der Waals surface area contributed by atoms with Crippen LogP contribution in [0.3, 0.4) is 0 Å². The van der Waals surface area contributed by atoms with Crippen LogP contribution in [0, 0.1) is 0 Å². The van der Waals surface area contributed by atoms with Gasteiger partial charge in [-0.25, -0.2) is 9.13 Å². The molecule has 0 aromatic carbocycles. The van der Waals surface area contributed by atoms with Crippen molar-refractivity contribution in [1.29, 1.82) is 0 Å². The number of phosphoric acid groups is 2. The Morgan fingerprint density at radius 1 is 1.00 bits per heavy atom. The van der Waals surface area contributed by atoms with Crippen LogP contribution in [0.25, 0.3) is 0 Å². The van der Waals surface area contributed by atoms with Crippen LogP contribution in [0.2, 0.25) is 0 Å². The van der Waals surface area contributed by atoms with E-state index in [0.717, 1.165) is 0 Å². The lowest BCUT2D eigenvalue weighted by Gasteiger charge is -2.17. The van der Waals surface area contributed by atoms with Gasteiger partial charge in [0, 0.05) is 13.0 Å². The van der Waals surface area contributed by atoms with Gasteiger partial charge >= 0.3 is 15.6 Å².